The van der Waals surface area contributed by atoms with E-state index in [-0.39, 0.29) is 11.8 Å². The number of nitrogens with zero attached hydrogens (tertiary/aromatic N) is 1. The number of ether oxygens (including phenoxy) is 2. The van der Waals surface area contributed by atoms with Crippen LogP contribution in [0, 0.1) is 0 Å². The number of carbonyl (C=O) groups excluding carboxylic acids is 2. The summed E-state index contributed by atoms with van der Waals surface area (Å²) >= 11 is 0. The van der Waals surface area contributed by atoms with Gasteiger partial charge in [0.05, 0.1) is 18.2 Å². The van der Waals surface area contributed by atoms with Gasteiger partial charge >= 0.3 is 0 Å². The van der Waals surface area contributed by atoms with Gasteiger partial charge in [-0.2, -0.15) is 0 Å². The highest BCUT2D eigenvalue weighted by Crippen LogP contribution is 2.30. The Kier molecular flexibility index (Phi) is 4.48. The monoisotopic (exact) mass is 366 g/mol. The zero-order valence-corrected chi connectivity index (χ0v) is 15.2. The lowest BCUT2D eigenvalue weighted by Gasteiger charge is -2.41. The molecule has 0 unspecified atom stereocenters. The van der Waals surface area contributed by atoms with Crippen LogP contribution in [0.2, 0.25) is 0 Å². The maximum absolute atomic E-state index is 12.7. The smallest absolute Gasteiger partial charge is 0.255 e. The zero-order valence-electron chi connectivity index (χ0n) is 15.2. The van der Waals surface area contributed by atoms with Crippen LogP contribution < -0.4 is 14.8 Å². The number of carbonyl (C=O) groups is 2. The van der Waals surface area contributed by atoms with Crippen LogP contribution in [0.25, 0.3) is 0 Å². The Hall–Kier alpha value is -3.02. The first-order valence-electron chi connectivity index (χ1n) is 9.08. The van der Waals surface area contributed by atoms with Gasteiger partial charge in [-0.25, -0.2) is 0 Å². The van der Waals surface area contributed by atoms with Crippen LogP contribution in [0.3, 0.4) is 0 Å². The van der Waals surface area contributed by atoms with E-state index in [0.29, 0.717) is 49.4 Å². The van der Waals surface area contributed by atoms with Crippen LogP contribution >= 0.6 is 0 Å². The van der Waals surface area contributed by atoms with E-state index in [1.807, 2.05) is 23.1 Å². The average Bonchev–Trinajstić information content (AvgIpc) is 2.85. The number of likely N-dealkylation sites (tertiary alicyclic amines) is 1. The Balaban J connectivity index is 1.44. The number of nitrogens with one attached hydrogen (secondary N) is 1. The molecule has 0 aromatic heterocycles. The van der Waals surface area contributed by atoms with Gasteiger partial charge in [-0.15, -0.1) is 0 Å². The zero-order chi connectivity index (χ0) is 18.9. The van der Waals surface area contributed by atoms with E-state index in [9.17, 15) is 9.59 Å². The summed E-state index contributed by atoms with van der Waals surface area (Å²) in [5, 5.41) is 3.15. The molecule has 0 atom stereocenters. The van der Waals surface area contributed by atoms with Crippen molar-refractivity contribution in [3.05, 3.63) is 59.7 Å². The van der Waals surface area contributed by atoms with E-state index < -0.39 is 5.54 Å². The fourth-order valence-corrected chi connectivity index (χ4v) is 3.66. The molecule has 140 valence electrons. The average molecular weight is 366 g/mol. The largest absolute Gasteiger partial charge is 0.497 e. The van der Waals surface area contributed by atoms with Crippen LogP contribution in [0.15, 0.2) is 48.5 Å². The second-order valence-corrected chi connectivity index (χ2v) is 7.04. The van der Waals surface area contributed by atoms with Gasteiger partial charge in [0.2, 0.25) is 0 Å². The molecule has 2 aliphatic heterocycles. The van der Waals surface area contributed by atoms with E-state index in [4.69, 9.17) is 9.47 Å². The molecule has 2 amide bonds. The van der Waals surface area contributed by atoms with Gasteiger partial charge in [0.15, 0.2) is 0 Å². The molecule has 1 spiro atoms. The number of methoxy groups -OCH3 is 1. The van der Waals surface area contributed by atoms with E-state index in [2.05, 4.69) is 5.32 Å². The number of piperidine rings is 1. The van der Waals surface area contributed by atoms with Gasteiger partial charge in [-0.3, -0.25) is 9.59 Å². The van der Waals surface area contributed by atoms with Gasteiger partial charge < -0.3 is 19.7 Å². The Morgan fingerprint density at radius 2 is 1.81 bits per heavy atom. The lowest BCUT2D eigenvalue weighted by atomic mass is 9.87. The van der Waals surface area contributed by atoms with Crippen LogP contribution in [-0.4, -0.2) is 49.1 Å². The van der Waals surface area contributed by atoms with Crippen molar-refractivity contribution < 1.29 is 19.1 Å². The van der Waals surface area contributed by atoms with Crippen LogP contribution in [0.5, 0.6) is 11.5 Å². The summed E-state index contributed by atoms with van der Waals surface area (Å²) in [7, 11) is 1.60. The summed E-state index contributed by atoms with van der Waals surface area (Å²) in [4.78, 5) is 27.2. The van der Waals surface area contributed by atoms with E-state index in [1.165, 1.54) is 0 Å². The third-order valence-electron chi connectivity index (χ3n) is 5.36. The van der Waals surface area contributed by atoms with Crippen molar-refractivity contribution in [3.63, 3.8) is 0 Å². The molecule has 1 N–H and O–H groups in total. The number of rotatable bonds is 2. The van der Waals surface area contributed by atoms with Crippen LogP contribution in [-0.2, 0) is 0 Å². The molecule has 4 rings (SSSR count). The summed E-state index contributed by atoms with van der Waals surface area (Å²) < 4.78 is 11.1. The number of fused-ring (bicyclic) bond motifs is 1. The predicted octanol–water partition coefficient (Wildman–Crippen LogP) is 2.49. The SMILES string of the molecule is COc1ccc(C(=O)N2CCC3(CC2)COc2ccccc2C(=O)N3)cc1. The molecule has 6 nitrogen and oxygen atoms in total. The van der Waals surface area contributed by atoms with E-state index in [1.54, 1.807) is 37.4 Å². The first-order chi connectivity index (χ1) is 13.1. The Morgan fingerprint density at radius 1 is 1.11 bits per heavy atom. The fourth-order valence-electron chi connectivity index (χ4n) is 3.66. The number of benzene rings is 2. The highest BCUT2D eigenvalue weighted by Gasteiger charge is 2.40. The molecule has 27 heavy (non-hydrogen) atoms. The standard InChI is InChI=1S/C21H22N2O4/c1-26-16-8-6-15(7-9-16)20(25)23-12-10-21(11-13-23)14-27-18-5-3-2-4-17(18)19(24)22-21/h2-9H,10-14H2,1H3,(H,22,24). The summed E-state index contributed by atoms with van der Waals surface area (Å²) in [6, 6.07) is 14.4. The van der Waals surface area contributed by atoms with Crippen LogP contribution in [0.4, 0.5) is 0 Å². The molecule has 1 fully saturated rings. The van der Waals surface area contributed by atoms with Crippen molar-refractivity contribution in [2.75, 3.05) is 26.8 Å². The topological polar surface area (TPSA) is 67.9 Å². The Bertz CT molecular complexity index is 855. The molecule has 6 heteroatoms. The Labute approximate surface area is 158 Å². The number of amides is 2. The molecule has 2 aromatic carbocycles. The minimum Gasteiger partial charge on any atom is -0.497 e. The van der Waals surface area contributed by atoms with Crippen molar-refractivity contribution in [3.8, 4) is 11.5 Å². The third kappa shape index (κ3) is 3.35. The maximum atomic E-state index is 12.7. The molecular weight excluding hydrogens is 344 g/mol. The van der Waals surface area contributed by atoms with Crippen molar-refractivity contribution in [1.29, 1.82) is 0 Å². The molecule has 1 saturated heterocycles. The summed E-state index contributed by atoms with van der Waals surface area (Å²) in [5.74, 6) is 1.22. The van der Waals surface area contributed by atoms with Gasteiger partial charge in [0.1, 0.15) is 18.1 Å². The fraction of sp³-hybridized carbons (Fsp3) is 0.333. The van der Waals surface area contributed by atoms with Gasteiger partial charge in [-0.05, 0) is 49.2 Å². The molecule has 2 aliphatic rings. The number of para-hydroxylation sites is 1. The van der Waals surface area contributed by atoms with Crippen molar-refractivity contribution in [2.24, 2.45) is 0 Å². The number of hydrogen-bond acceptors (Lipinski definition) is 4. The molecular formula is C21H22N2O4. The highest BCUT2D eigenvalue weighted by atomic mass is 16.5. The summed E-state index contributed by atoms with van der Waals surface area (Å²) in [6.45, 7) is 1.57. The second kappa shape index (κ2) is 6.95. The van der Waals surface area contributed by atoms with E-state index in [0.717, 1.165) is 5.75 Å². The predicted molar refractivity (Wildman–Crippen MR) is 100 cm³/mol. The summed E-state index contributed by atoms with van der Waals surface area (Å²) in [6.07, 6.45) is 1.32. The lowest BCUT2D eigenvalue weighted by Crippen LogP contribution is -2.58. The maximum Gasteiger partial charge on any atom is 0.255 e. The Morgan fingerprint density at radius 3 is 2.52 bits per heavy atom. The van der Waals surface area contributed by atoms with Crippen molar-refractivity contribution in [1.82, 2.24) is 10.2 Å². The van der Waals surface area contributed by atoms with Gasteiger partial charge in [-0.1, -0.05) is 12.1 Å². The minimum atomic E-state index is -0.438. The second-order valence-electron chi connectivity index (χ2n) is 7.04. The molecule has 0 bridgehead atoms. The lowest BCUT2D eigenvalue weighted by molar-refractivity contribution is 0.0555. The first-order valence-corrected chi connectivity index (χ1v) is 9.08. The van der Waals surface area contributed by atoms with Crippen LogP contribution in [0.1, 0.15) is 33.6 Å². The third-order valence-corrected chi connectivity index (χ3v) is 5.36. The molecule has 0 radical (unpaired) electrons. The van der Waals surface area contributed by atoms with Gasteiger partial charge in [0.25, 0.3) is 11.8 Å². The summed E-state index contributed by atoms with van der Waals surface area (Å²) in [5.41, 5.74) is 0.763. The molecule has 0 aliphatic carbocycles. The normalized spacial score (nSPS) is 18.1. The first kappa shape index (κ1) is 17.4. The minimum absolute atomic E-state index is 0.00310. The molecule has 2 heterocycles. The highest BCUT2D eigenvalue weighted by molar-refractivity contribution is 5.98. The molecule has 2 aromatic rings. The van der Waals surface area contributed by atoms with E-state index >= 15 is 0 Å². The van der Waals surface area contributed by atoms with Gasteiger partial charge in [0, 0.05) is 18.7 Å². The van der Waals surface area contributed by atoms with Crippen molar-refractivity contribution in [2.45, 2.75) is 18.4 Å². The number of hydrogen-bond donors (Lipinski definition) is 1. The quantitative estimate of drug-likeness (QED) is 0.887. The van der Waals surface area contributed by atoms with Crippen molar-refractivity contribution >= 4 is 11.8 Å². The molecule has 0 saturated carbocycles.